The van der Waals surface area contributed by atoms with Gasteiger partial charge in [-0.25, -0.2) is 0 Å². The van der Waals surface area contributed by atoms with Crippen LogP contribution in [0, 0.1) is 5.92 Å². The minimum atomic E-state index is -0.462. The lowest BCUT2D eigenvalue weighted by molar-refractivity contribution is 0.0741. The molecule has 1 aromatic carbocycles. The third-order valence-corrected chi connectivity index (χ3v) is 4.15. The summed E-state index contributed by atoms with van der Waals surface area (Å²) in [6, 6.07) is 10.4. The molecule has 0 spiro atoms. The SMILES string of the molecule is CC(C)N(CC1CC1)CC(O)C(N)Cc1ccccc1. The van der Waals surface area contributed by atoms with Gasteiger partial charge in [-0.3, -0.25) is 4.90 Å². The molecule has 0 aromatic heterocycles. The Morgan fingerprint density at radius 2 is 1.90 bits per heavy atom. The predicted molar refractivity (Wildman–Crippen MR) is 83.6 cm³/mol. The summed E-state index contributed by atoms with van der Waals surface area (Å²) >= 11 is 0. The third kappa shape index (κ3) is 4.89. The Hall–Kier alpha value is -0.900. The molecule has 0 radical (unpaired) electrons. The molecule has 2 unspecified atom stereocenters. The van der Waals surface area contributed by atoms with E-state index in [0.717, 1.165) is 18.9 Å². The average molecular weight is 276 g/mol. The lowest BCUT2D eigenvalue weighted by atomic mass is 10.0. The smallest absolute Gasteiger partial charge is 0.0821 e. The van der Waals surface area contributed by atoms with E-state index < -0.39 is 6.10 Å². The number of nitrogens with two attached hydrogens (primary N) is 1. The van der Waals surface area contributed by atoms with Crippen molar-refractivity contribution in [3.8, 4) is 0 Å². The quantitative estimate of drug-likeness (QED) is 0.764. The minimum Gasteiger partial charge on any atom is -0.390 e. The van der Waals surface area contributed by atoms with Gasteiger partial charge in [0, 0.05) is 25.2 Å². The van der Waals surface area contributed by atoms with Gasteiger partial charge in [0.2, 0.25) is 0 Å². The molecule has 0 saturated heterocycles. The van der Waals surface area contributed by atoms with Crippen molar-refractivity contribution < 1.29 is 5.11 Å². The second kappa shape index (κ2) is 7.21. The van der Waals surface area contributed by atoms with Gasteiger partial charge in [-0.15, -0.1) is 0 Å². The number of aliphatic hydroxyl groups excluding tert-OH is 1. The van der Waals surface area contributed by atoms with Crippen LogP contribution in [0.5, 0.6) is 0 Å². The summed E-state index contributed by atoms with van der Waals surface area (Å²) in [5, 5.41) is 10.4. The molecule has 0 heterocycles. The van der Waals surface area contributed by atoms with Gasteiger partial charge in [0.1, 0.15) is 0 Å². The van der Waals surface area contributed by atoms with E-state index in [-0.39, 0.29) is 6.04 Å². The first-order valence-corrected chi connectivity index (χ1v) is 7.78. The zero-order chi connectivity index (χ0) is 14.5. The fraction of sp³-hybridized carbons (Fsp3) is 0.647. The Labute approximate surface area is 122 Å². The number of benzene rings is 1. The molecule has 3 nitrogen and oxygen atoms in total. The monoisotopic (exact) mass is 276 g/mol. The van der Waals surface area contributed by atoms with Crippen molar-refractivity contribution in [1.29, 1.82) is 0 Å². The highest BCUT2D eigenvalue weighted by atomic mass is 16.3. The second-order valence-corrected chi connectivity index (χ2v) is 6.41. The highest BCUT2D eigenvalue weighted by Crippen LogP contribution is 2.30. The van der Waals surface area contributed by atoms with E-state index in [1.807, 2.05) is 18.2 Å². The normalized spacial score (nSPS) is 18.5. The van der Waals surface area contributed by atoms with Crippen molar-refractivity contribution in [1.82, 2.24) is 4.90 Å². The van der Waals surface area contributed by atoms with E-state index in [2.05, 4.69) is 30.9 Å². The second-order valence-electron chi connectivity index (χ2n) is 6.41. The highest BCUT2D eigenvalue weighted by molar-refractivity contribution is 5.16. The maximum Gasteiger partial charge on any atom is 0.0821 e. The van der Waals surface area contributed by atoms with Crippen LogP contribution in [0.1, 0.15) is 32.3 Å². The predicted octanol–water partition coefficient (Wildman–Crippen LogP) is 2.04. The minimum absolute atomic E-state index is 0.196. The molecule has 20 heavy (non-hydrogen) atoms. The third-order valence-electron chi connectivity index (χ3n) is 4.15. The molecule has 1 aliphatic carbocycles. The van der Waals surface area contributed by atoms with Crippen LogP contribution in [-0.2, 0) is 6.42 Å². The van der Waals surface area contributed by atoms with Gasteiger partial charge in [0.15, 0.2) is 0 Å². The first kappa shape index (κ1) is 15.5. The van der Waals surface area contributed by atoms with Crippen LogP contribution in [0.15, 0.2) is 30.3 Å². The maximum atomic E-state index is 10.4. The molecule has 1 aromatic rings. The summed E-state index contributed by atoms with van der Waals surface area (Å²) in [4.78, 5) is 2.37. The Morgan fingerprint density at radius 3 is 2.45 bits per heavy atom. The summed E-state index contributed by atoms with van der Waals surface area (Å²) in [6.07, 6.45) is 2.96. The topological polar surface area (TPSA) is 49.5 Å². The van der Waals surface area contributed by atoms with E-state index in [4.69, 9.17) is 5.73 Å². The van der Waals surface area contributed by atoms with Crippen molar-refractivity contribution >= 4 is 0 Å². The van der Waals surface area contributed by atoms with E-state index in [0.29, 0.717) is 12.6 Å². The van der Waals surface area contributed by atoms with Gasteiger partial charge in [0.05, 0.1) is 6.10 Å². The lowest BCUT2D eigenvalue weighted by Crippen LogP contribution is -2.47. The van der Waals surface area contributed by atoms with Gasteiger partial charge in [-0.1, -0.05) is 30.3 Å². The van der Waals surface area contributed by atoms with Crippen LogP contribution in [0.25, 0.3) is 0 Å². The van der Waals surface area contributed by atoms with E-state index in [1.54, 1.807) is 0 Å². The first-order valence-electron chi connectivity index (χ1n) is 7.78. The number of nitrogens with zero attached hydrogens (tertiary/aromatic N) is 1. The van der Waals surface area contributed by atoms with Crippen LogP contribution in [0.4, 0.5) is 0 Å². The van der Waals surface area contributed by atoms with Gasteiger partial charge >= 0.3 is 0 Å². The molecule has 3 heteroatoms. The summed E-state index contributed by atoms with van der Waals surface area (Å²) < 4.78 is 0. The van der Waals surface area contributed by atoms with E-state index >= 15 is 0 Å². The number of rotatable bonds is 8. The van der Waals surface area contributed by atoms with Crippen molar-refractivity contribution in [2.75, 3.05) is 13.1 Å². The van der Waals surface area contributed by atoms with E-state index in [1.165, 1.54) is 18.4 Å². The fourth-order valence-corrected chi connectivity index (χ4v) is 2.53. The zero-order valence-corrected chi connectivity index (χ0v) is 12.7. The Balaban J connectivity index is 1.83. The number of hydrogen-bond donors (Lipinski definition) is 2. The van der Waals surface area contributed by atoms with Crippen LogP contribution < -0.4 is 5.73 Å². The van der Waals surface area contributed by atoms with Crippen LogP contribution in [0.3, 0.4) is 0 Å². The number of hydrogen-bond acceptors (Lipinski definition) is 3. The van der Waals surface area contributed by atoms with Gasteiger partial charge in [0.25, 0.3) is 0 Å². The summed E-state index contributed by atoms with van der Waals surface area (Å²) in [6.45, 7) is 6.17. The Bertz CT molecular complexity index is 389. The molecule has 3 N–H and O–H groups in total. The summed E-state index contributed by atoms with van der Waals surface area (Å²) in [5.41, 5.74) is 7.36. The first-order chi connectivity index (χ1) is 9.56. The van der Waals surface area contributed by atoms with E-state index in [9.17, 15) is 5.11 Å². The Morgan fingerprint density at radius 1 is 1.25 bits per heavy atom. The molecule has 0 aliphatic heterocycles. The molecule has 1 fully saturated rings. The van der Waals surface area contributed by atoms with Crippen molar-refractivity contribution in [3.05, 3.63) is 35.9 Å². The molecule has 2 atom stereocenters. The van der Waals surface area contributed by atoms with Crippen LogP contribution in [0.2, 0.25) is 0 Å². The summed E-state index contributed by atoms with van der Waals surface area (Å²) in [7, 11) is 0. The summed E-state index contributed by atoms with van der Waals surface area (Å²) in [5.74, 6) is 0.843. The fourth-order valence-electron chi connectivity index (χ4n) is 2.53. The maximum absolute atomic E-state index is 10.4. The van der Waals surface area contributed by atoms with Crippen molar-refractivity contribution in [2.45, 2.75) is 51.3 Å². The van der Waals surface area contributed by atoms with Gasteiger partial charge < -0.3 is 10.8 Å². The van der Waals surface area contributed by atoms with Gasteiger partial charge in [-0.05, 0) is 44.6 Å². The number of aliphatic hydroxyl groups is 1. The largest absolute Gasteiger partial charge is 0.390 e. The van der Waals surface area contributed by atoms with Gasteiger partial charge in [-0.2, -0.15) is 0 Å². The molecule has 2 rings (SSSR count). The standard InChI is InChI=1S/C17H28N2O/c1-13(2)19(11-15-8-9-15)12-17(20)16(18)10-14-6-4-3-5-7-14/h3-7,13,15-17,20H,8-12,18H2,1-2H3. The molecule has 0 bridgehead atoms. The Kier molecular flexibility index (Phi) is 5.58. The van der Waals surface area contributed by atoms with Crippen molar-refractivity contribution in [3.63, 3.8) is 0 Å². The van der Waals surface area contributed by atoms with Crippen molar-refractivity contribution in [2.24, 2.45) is 11.7 Å². The molecular weight excluding hydrogens is 248 g/mol. The zero-order valence-electron chi connectivity index (χ0n) is 12.7. The molecule has 1 saturated carbocycles. The van der Waals surface area contributed by atoms with Crippen LogP contribution in [-0.4, -0.2) is 41.3 Å². The molecule has 112 valence electrons. The molecular formula is C17H28N2O. The lowest BCUT2D eigenvalue weighted by Gasteiger charge is -2.31. The van der Waals surface area contributed by atoms with Crippen LogP contribution >= 0.6 is 0 Å². The average Bonchev–Trinajstić information content (AvgIpc) is 3.22. The molecule has 0 amide bonds. The highest BCUT2D eigenvalue weighted by Gasteiger charge is 2.27. The molecule has 1 aliphatic rings.